The van der Waals surface area contributed by atoms with E-state index in [4.69, 9.17) is 21.1 Å². The molecule has 0 N–H and O–H groups in total. The van der Waals surface area contributed by atoms with Crippen LogP contribution in [-0.2, 0) is 4.79 Å². The van der Waals surface area contributed by atoms with Crippen LogP contribution in [0.25, 0.3) is 0 Å². The summed E-state index contributed by atoms with van der Waals surface area (Å²) in [5, 5.41) is 0. The van der Waals surface area contributed by atoms with Crippen LogP contribution in [0.4, 0.5) is 0 Å². The second-order valence-corrected chi connectivity index (χ2v) is 5.56. The standard InChI is InChI=1S/C16H21ClN2O4/c1-22-13-4-3-12(11-14(13)23-2)16(21)19-9-7-18(8-10-19)15(20)5-6-17/h3-4,11H,5-10H2,1-2H3. The van der Waals surface area contributed by atoms with Gasteiger partial charge in [0.15, 0.2) is 11.5 Å². The molecule has 1 fully saturated rings. The number of ether oxygens (including phenoxy) is 2. The first-order chi connectivity index (χ1) is 11.1. The number of carbonyl (C=O) groups excluding carboxylic acids is 2. The average molecular weight is 341 g/mol. The molecule has 0 radical (unpaired) electrons. The first-order valence-electron chi connectivity index (χ1n) is 7.45. The Bertz CT molecular complexity index is 571. The number of rotatable bonds is 5. The molecule has 0 aliphatic carbocycles. The van der Waals surface area contributed by atoms with Gasteiger partial charge in [-0.1, -0.05) is 0 Å². The van der Waals surface area contributed by atoms with Crippen molar-refractivity contribution in [1.29, 1.82) is 0 Å². The Labute approximate surface area is 140 Å². The van der Waals surface area contributed by atoms with E-state index in [0.717, 1.165) is 0 Å². The molecule has 2 amide bonds. The van der Waals surface area contributed by atoms with Gasteiger partial charge in [-0.2, -0.15) is 0 Å². The molecule has 6 nitrogen and oxygen atoms in total. The third-order valence-electron chi connectivity index (χ3n) is 3.86. The lowest BCUT2D eigenvalue weighted by Gasteiger charge is -2.34. The highest BCUT2D eigenvalue weighted by atomic mass is 35.5. The zero-order chi connectivity index (χ0) is 16.8. The van der Waals surface area contributed by atoms with Gasteiger partial charge in [0.2, 0.25) is 5.91 Å². The van der Waals surface area contributed by atoms with Crippen LogP contribution in [0.5, 0.6) is 11.5 Å². The van der Waals surface area contributed by atoms with Crippen molar-refractivity contribution in [2.24, 2.45) is 0 Å². The molecule has 1 saturated heterocycles. The Hall–Kier alpha value is -1.95. The summed E-state index contributed by atoms with van der Waals surface area (Å²) in [5.41, 5.74) is 0.545. The number of benzene rings is 1. The SMILES string of the molecule is COc1ccc(C(=O)N2CCN(C(=O)CCCl)CC2)cc1OC. The van der Waals surface area contributed by atoms with Crippen molar-refractivity contribution in [1.82, 2.24) is 9.80 Å². The van der Waals surface area contributed by atoms with Crippen molar-refractivity contribution in [2.75, 3.05) is 46.3 Å². The Morgan fingerprint density at radius 2 is 1.65 bits per heavy atom. The first-order valence-corrected chi connectivity index (χ1v) is 7.99. The number of halogens is 1. The van der Waals surface area contributed by atoms with E-state index in [0.29, 0.717) is 55.5 Å². The van der Waals surface area contributed by atoms with Crippen LogP contribution in [0, 0.1) is 0 Å². The van der Waals surface area contributed by atoms with Gasteiger partial charge in [0, 0.05) is 44.0 Å². The lowest BCUT2D eigenvalue weighted by atomic mass is 10.1. The highest BCUT2D eigenvalue weighted by Crippen LogP contribution is 2.28. The van der Waals surface area contributed by atoms with Gasteiger partial charge < -0.3 is 19.3 Å². The van der Waals surface area contributed by atoms with Crippen molar-refractivity contribution < 1.29 is 19.1 Å². The number of methoxy groups -OCH3 is 2. The van der Waals surface area contributed by atoms with Crippen LogP contribution in [0.2, 0.25) is 0 Å². The fraction of sp³-hybridized carbons (Fsp3) is 0.500. The second-order valence-electron chi connectivity index (χ2n) is 5.18. The van der Waals surface area contributed by atoms with E-state index >= 15 is 0 Å². The maximum Gasteiger partial charge on any atom is 0.254 e. The minimum Gasteiger partial charge on any atom is -0.493 e. The summed E-state index contributed by atoms with van der Waals surface area (Å²) in [6.07, 6.45) is 0.338. The fourth-order valence-corrected chi connectivity index (χ4v) is 2.71. The van der Waals surface area contributed by atoms with Crippen LogP contribution >= 0.6 is 11.6 Å². The summed E-state index contributed by atoms with van der Waals surface area (Å²) < 4.78 is 10.4. The lowest BCUT2D eigenvalue weighted by Crippen LogP contribution is -2.50. The molecule has 0 bridgehead atoms. The number of alkyl halides is 1. The van der Waals surface area contributed by atoms with E-state index in [1.54, 1.807) is 35.1 Å². The first kappa shape index (κ1) is 17.4. The second kappa shape index (κ2) is 8.06. The molecule has 0 aromatic heterocycles. The Morgan fingerprint density at radius 1 is 1.04 bits per heavy atom. The Morgan fingerprint density at radius 3 is 2.22 bits per heavy atom. The predicted molar refractivity (Wildman–Crippen MR) is 87.4 cm³/mol. The Balaban J connectivity index is 2.01. The fourth-order valence-electron chi connectivity index (χ4n) is 2.55. The molecule has 2 rings (SSSR count). The number of hydrogen-bond acceptors (Lipinski definition) is 4. The summed E-state index contributed by atoms with van der Waals surface area (Å²) in [6.45, 7) is 2.10. The van der Waals surface area contributed by atoms with Gasteiger partial charge in [0.05, 0.1) is 14.2 Å². The zero-order valence-corrected chi connectivity index (χ0v) is 14.1. The van der Waals surface area contributed by atoms with E-state index in [9.17, 15) is 9.59 Å². The normalized spacial score (nSPS) is 14.6. The van der Waals surface area contributed by atoms with Crippen LogP contribution in [0.1, 0.15) is 16.8 Å². The molecule has 1 heterocycles. The number of amides is 2. The number of piperazine rings is 1. The molecular weight excluding hydrogens is 320 g/mol. The number of hydrogen-bond donors (Lipinski definition) is 0. The van der Waals surface area contributed by atoms with Crippen molar-refractivity contribution in [3.05, 3.63) is 23.8 Å². The molecule has 1 aromatic carbocycles. The van der Waals surface area contributed by atoms with Crippen LogP contribution in [0.15, 0.2) is 18.2 Å². The molecule has 0 saturated carbocycles. The maximum absolute atomic E-state index is 12.6. The predicted octanol–water partition coefficient (Wildman–Crippen LogP) is 1.62. The molecule has 126 valence electrons. The van der Waals surface area contributed by atoms with E-state index in [1.807, 2.05) is 0 Å². The van der Waals surface area contributed by atoms with Gasteiger partial charge in [-0.3, -0.25) is 9.59 Å². The van der Waals surface area contributed by atoms with Gasteiger partial charge in [0.1, 0.15) is 0 Å². The summed E-state index contributed by atoms with van der Waals surface area (Å²) >= 11 is 5.59. The van der Waals surface area contributed by atoms with Crippen molar-refractivity contribution in [2.45, 2.75) is 6.42 Å². The van der Waals surface area contributed by atoms with Crippen LogP contribution < -0.4 is 9.47 Å². The smallest absolute Gasteiger partial charge is 0.254 e. The Kier molecular flexibility index (Phi) is 6.10. The molecule has 1 aliphatic rings. The topological polar surface area (TPSA) is 59.1 Å². The molecule has 1 aromatic rings. The lowest BCUT2D eigenvalue weighted by molar-refractivity contribution is -0.132. The van der Waals surface area contributed by atoms with E-state index in [2.05, 4.69) is 0 Å². The summed E-state index contributed by atoms with van der Waals surface area (Å²) in [5.74, 6) is 1.40. The quantitative estimate of drug-likeness (QED) is 0.764. The van der Waals surface area contributed by atoms with E-state index in [1.165, 1.54) is 7.11 Å². The van der Waals surface area contributed by atoms with E-state index in [-0.39, 0.29) is 11.8 Å². The maximum atomic E-state index is 12.6. The molecule has 0 atom stereocenters. The minimum atomic E-state index is -0.0737. The van der Waals surface area contributed by atoms with E-state index < -0.39 is 0 Å². The average Bonchev–Trinajstić information content (AvgIpc) is 2.60. The third-order valence-corrected chi connectivity index (χ3v) is 4.05. The number of nitrogens with zero attached hydrogens (tertiary/aromatic N) is 2. The van der Waals surface area contributed by atoms with Crippen molar-refractivity contribution in [3.63, 3.8) is 0 Å². The highest BCUT2D eigenvalue weighted by molar-refractivity contribution is 6.18. The van der Waals surface area contributed by atoms with Crippen molar-refractivity contribution >= 4 is 23.4 Å². The minimum absolute atomic E-state index is 0.0400. The van der Waals surface area contributed by atoms with Gasteiger partial charge in [-0.15, -0.1) is 11.6 Å². The summed E-state index contributed by atoms with van der Waals surface area (Å²) in [7, 11) is 3.09. The summed E-state index contributed by atoms with van der Waals surface area (Å²) in [4.78, 5) is 27.9. The third kappa shape index (κ3) is 4.07. The molecule has 0 spiro atoms. The molecule has 1 aliphatic heterocycles. The van der Waals surface area contributed by atoms with Gasteiger partial charge in [0.25, 0.3) is 5.91 Å². The number of carbonyl (C=O) groups is 2. The zero-order valence-electron chi connectivity index (χ0n) is 13.4. The van der Waals surface area contributed by atoms with Crippen LogP contribution in [0.3, 0.4) is 0 Å². The van der Waals surface area contributed by atoms with Gasteiger partial charge in [-0.25, -0.2) is 0 Å². The van der Waals surface area contributed by atoms with Gasteiger partial charge >= 0.3 is 0 Å². The molecule has 0 unspecified atom stereocenters. The highest BCUT2D eigenvalue weighted by Gasteiger charge is 2.25. The monoisotopic (exact) mass is 340 g/mol. The molecule has 7 heteroatoms. The molecular formula is C16H21ClN2O4. The molecule has 23 heavy (non-hydrogen) atoms. The van der Waals surface area contributed by atoms with Crippen LogP contribution in [-0.4, -0.2) is 67.9 Å². The van der Waals surface area contributed by atoms with Gasteiger partial charge in [-0.05, 0) is 18.2 Å². The van der Waals surface area contributed by atoms with Crippen molar-refractivity contribution in [3.8, 4) is 11.5 Å². The summed E-state index contributed by atoms with van der Waals surface area (Å²) in [6, 6.07) is 5.10. The largest absolute Gasteiger partial charge is 0.493 e.